The molecular formula is C11H11N3O5S. The van der Waals surface area contributed by atoms with Gasteiger partial charge in [0.15, 0.2) is 0 Å². The average molecular weight is 297 g/mol. The zero-order chi connectivity index (χ0) is 14.3. The molecule has 2 bridgehead atoms. The molecule has 8 nitrogen and oxygen atoms in total. The minimum atomic E-state index is -4.75. The van der Waals surface area contributed by atoms with Gasteiger partial charge in [-0.15, -0.1) is 4.28 Å². The van der Waals surface area contributed by atoms with Crippen LogP contribution < -0.4 is 0 Å². The Morgan fingerprint density at radius 3 is 2.85 bits per heavy atom. The molecule has 1 atom stereocenters. The van der Waals surface area contributed by atoms with E-state index in [2.05, 4.69) is 9.27 Å². The van der Waals surface area contributed by atoms with Crippen LogP contribution in [-0.4, -0.2) is 53.1 Å². The first-order valence-electron chi connectivity index (χ1n) is 5.82. The van der Waals surface area contributed by atoms with Crippen LogP contribution in [0, 0.1) is 0 Å². The van der Waals surface area contributed by atoms with Crippen molar-refractivity contribution in [2.45, 2.75) is 6.04 Å². The lowest BCUT2D eigenvalue weighted by molar-refractivity contribution is -0.0160. The van der Waals surface area contributed by atoms with Gasteiger partial charge in [0.25, 0.3) is 0 Å². The number of fused-ring (bicyclic) bond motifs is 2. The number of carbonyl (C=O) groups excluding carboxylic acids is 1. The van der Waals surface area contributed by atoms with E-state index >= 15 is 0 Å². The van der Waals surface area contributed by atoms with Crippen molar-refractivity contribution in [2.24, 2.45) is 0 Å². The molecule has 9 heteroatoms. The number of nitrogens with zero attached hydrogens (tertiary/aromatic N) is 3. The first kappa shape index (κ1) is 13.0. The maximum absolute atomic E-state index is 11.9. The fraction of sp³-hybridized carbons (Fsp3) is 0.273. The van der Waals surface area contributed by atoms with E-state index in [0.717, 1.165) is 0 Å². The molecule has 0 aliphatic carbocycles. The Labute approximate surface area is 115 Å². The van der Waals surface area contributed by atoms with E-state index in [9.17, 15) is 13.2 Å². The molecule has 0 aromatic carbocycles. The smallest absolute Gasteiger partial charge is 0.317 e. The second kappa shape index (κ2) is 4.54. The van der Waals surface area contributed by atoms with Gasteiger partial charge in [-0.2, -0.15) is 13.5 Å². The highest BCUT2D eigenvalue weighted by atomic mass is 32.3. The molecule has 3 rings (SSSR count). The van der Waals surface area contributed by atoms with E-state index in [1.54, 1.807) is 30.5 Å². The quantitative estimate of drug-likeness (QED) is 0.806. The summed E-state index contributed by atoms with van der Waals surface area (Å²) in [5, 5.41) is 0.669. The van der Waals surface area contributed by atoms with Crippen molar-refractivity contribution in [1.82, 2.24) is 14.9 Å². The van der Waals surface area contributed by atoms with Crippen LogP contribution in [-0.2, 0) is 14.7 Å². The van der Waals surface area contributed by atoms with E-state index in [4.69, 9.17) is 4.55 Å². The van der Waals surface area contributed by atoms with E-state index in [1.807, 2.05) is 0 Å². The molecule has 1 unspecified atom stereocenters. The van der Waals surface area contributed by atoms with Crippen molar-refractivity contribution in [3.05, 3.63) is 36.2 Å². The molecule has 0 radical (unpaired) electrons. The van der Waals surface area contributed by atoms with Gasteiger partial charge in [-0.05, 0) is 12.1 Å². The lowest BCUT2D eigenvalue weighted by Crippen LogP contribution is -2.36. The minimum Gasteiger partial charge on any atom is -0.317 e. The molecule has 1 N–H and O–H groups in total. The van der Waals surface area contributed by atoms with Crippen molar-refractivity contribution in [3.8, 4) is 0 Å². The third-order valence-corrected chi connectivity index (χ3v) is 3.51. The summed E-state index contributed by atoms with van der Waals surface area (Å²) in [6.07, 6.45) is 3.40. The largest absolute Gasteiger partial charge is 0.418 e. The number of pyridine rings is 1. The fourth-order valence-corrected chi connectivity index (χ4v) is 2.72. The third-order valence-electron chi connectivity index (χ3n) is 3.16. The Balaban J connectivity index is 1.96. The van der Waals surface area contributed by atoms with Crippen LogP contribution >= 0.6 is 0 Å². The van der Waals surface area contributed by atoms with E-state index in [0.29, 0.717) is 22.9 Å². The molecule has 2 aliphatic rings. The van der Waals surface area contributed by atoms with Crippen molar-refractivity contribution >= 4 is 22.0 Å². The number of carbonyl (C=O) groups is 1. The van der Waals surface area contributed by atoms with Crippen LogP contribution in [0.25, 0.3) is 5.57 Å². The zero-order valence-corrected chi connectivity index (χ0v) is 11.0. The molecule has 20 heavy (non-hydrogen) atoms. The summed E-state index contributed by atoms with van der Waals surface area (Å²) < 4.78 is 34.9. The van der Waals surface area contributed by atoms with Crippen LogP contribution in [0.2, 0.25) is 0 Å². The van der Waals surface area contributed by atoms with Crippen LogP contribution in [0.15, 0.2) is 30.5 Å². The molecule has 3 heterocycles. The third kappa shape index (κ3) is 2.26. The molecule has 0 spiro atoms. The van der Waals surface area contributed by atoms with Crippen molar-refractivity contribution in [3.63, 3.8) is 0 Å². The van der Waals surface area contributed by atoms with Gasteiger partial charge in [-0.3, -0.25) is 9.54 Å². The van der Waals surface area contributed by atoms with E-state index in [1.165, 1.54) is 4.90 Å². The van der Waals surface area contributed by atoms with Gasteiger partial charge in [0.1, 0.15) is 6.04 Å². The number of amides is 2. The number of urea groups is 1. The number of hydrogen-bond donors (Lipinski definition) is 1. The highest BCUT2D eigenvalue weighted by Gasteiger charge is 2.45. The first-order chi connectivity index (χ1) is 9.46. The molecule has 106 valence electrons. The van der Waals surface area contributed by atoms with Crippen LogP contribution in [0.5, 0.6) is 0 Å². The first-order valence-corrected chi connectivity index (χ1v) is 7.19. The summed E-state index contributed by atoms with van der Waals surface area (Å²) in [5.41, 5.74) is 1.33. The molecule has 1 fully saturated rings. The summed E-state index contributed by atoms with van der Waals surface area (Å²) in [6, 6.07) is 4.09. The predicted octanol–water partition coefficient (Wildman–Crippen LogP) is 0.319. The lowest BCUT2D eigenvalue weighted by Gasteiger charge is -2.23. The summed E-state index contributed by atoms with van der Waals surface area (Å²) >= 11 is 0. The van der Waals surface area contributed by atoms with Gasteiger partial charge in [0, 0.05) is 18.3 Å². The van der Waals surface area contributed by atoms with Crippen molar-refractivity contribution in [1.29, 1.82) is 0 Å². The Kier molecular flexibility index (Phi) is 2.96. The van der Waals surface area contributed by atoms with Gasteiger partial charge in [0.2, 0.25) is 0 Å². The molecule has 2 aliphatic heterocycles. The van der Waals surface area contributed by atoms with Gasteiger partial charge in [-0.25, -0.2) is 4.79 Å². The maximum Gasteiger partial charge on any atom is 0.418 e. The van der Waals surface area contributed by atoms with Gasteiger partial charge in [-0.1, -0.05) is 12.1 Å². The normalized spacial score (nSPS) is 22.1. The Morgan fingerprint density at radius 1 is 1.40 bits per heavy atom. The van der Waals surface area contributed by atoms with Crippen LogP contribution in [0.1, 0.15) is 5.69 Å². The molecule has 1 aromatic heterocycles. The Hall–Kier alpha value is -1.97. The summed E-state index contributed by atoms with van der Waals surface area (Å²) in [4.78, 5) is 17.5. The van der Waals surface area contributed by atoms with Gasteiger partial charge < -0.3 is 4.90 Å². The molecule has 1 aromatic rings. The van der Waals surface area contributed by atoms with Gasteiger partial charge >= 0.3 is 16.4 Å². The molecular weight excluding hydrogens is 286 g/mol. The molecule has 0 saturated carbocycles. The van der Waals surface area contributed by atoms with E-state index in [-0.39, 0.29) is 6.54 Å². The molecule has 2 amide bonds. The maximum atomic E-state index is 11.9. The van der Waals surface area contributed by atoms with Gasteiger partial charge in [0.05, 0.1) is 12.2 Å². The highest BCUT2D eigenvalue weighted by Crippen LogP contribution is 2.32. The number of aromatic nitrogens is 1. The number of hydroxylamine groups is 2. The van der Waals surface area contributed by atoms with Crippen LogP contribution in [0.4, 0.5) is 4.79 Å². The summed E-state index contributed by atoms with van der Waals surface area (Å²) in [6.45, 7) is 0.628. The fourth-order valence-electron chi connectivity index (χ4n) is 2.35. The Bertz CT molecular complexity index is 673. The van der Waals surface area contributed by atoms with Crippen molar-refractivity contribution < 1.29 is 22.0 Å². The standard InChI is InChI=1S/C11H11N3O5S/c15-11-13-6-4-8(9-3-1-2-5-12-9)10(7-13)14(11)19-20(16,17)18/h1-5,10H,6-7H2,(H,16,17,18). The SMILES string of the molecule is O=C1N2CC=C(c3ccccn3)C(C2)N1OS(=O)(=O)O. The Morgan fingerprint density at radius 2 is 2.20 bits per heavy atom. The monoisotopic (exact) mass is 297 g/mol. The lowest BCUT2D eigenvalue weighted by atomic mass is 10.0. The number of rotatable bonds is 3. The zero-order valence-electron chi connectivity index (χ0n) is 10.2. The molecule has 1 saturated heterocycles. The number of hydrogen-bond acceptors (Lipinski definition) is 5. The van der Waals surface area contributed by atoms with E-state index < -0.39 is 22.5 Å². The predicted molar refractivity (Wildman–Crippen MR) is 67.4 cm³/mol. The van der Waals surface area contributed by atoms with Crippen molar-refractivity contribution in [2.75, 3.05) is 13.1 Å². The second-order valence-corrected chi connectivity index (χ2v) is 5.41. The second-order valence-electron chi connectivity index (χ2n) is 4.41. The summed E-state index contributed by atoms with van der Waals surface area (Å²) in [7, 11) is -4.75. The minimum absolute atomic E-state index is 0.288. The average Bonchev–Trinajstić information content (AvgIpc) is 2.64. The topological polar surface area (TPSA) is 100 Å². The highest BCUT2D eigenvalue weighted by molar-refractivity contribution is 7.80. The summed E-state index contributed by atoms with van der Waals surface area (Å²) in [5.74, 6) is 0. The van der Waals surface area contributed by atoms with Crippen LogP contribution in [0.3, 0.4) is 0 Å².